The molecule has 1 saturated heterocycles. The van der Waals surface area contributed by atoms with Crippen molar-refractivity contribution in [1.82, 2.24) is 14.9 Å². The first-order chi connectivity index (χ1) is 10.1. The first kappa shape index (κ1) is 13.8. The lowest BCUT2D eigenvalue weighted by atomic mass is 9.91. The molecule has 1 fully saturated rings. The van der Waals surface area contributed by atoms with Gasteiger partial charge in [-0.2, -0.15) is 0 Å². The molecule has 1 atom stereocenters. The van der Waals surface area contributed by atoms with Gasteiger partial charge in [-0.1, -0.05) is 24.3 Å². The van der Waals surface area contributed by atoms with Crippen LogP contribution in [-0.2, 0) is 22.2 Å². The van der Waals surface area contributed by atoms with Crippen molar-refractivity contribution in [3.8, 4) is 11.4 Å². The summed E-state index contributed by atoms with van der Waals surface area (Å²) in [5, 5.41) is 12.6. The van der Waals surface area contributed by atoms with Crippen molar-refractivity contribution in [1.29, 1.82) is 0 Å². The number of carboxylic acid groups (broad SMARTS) is 1. The summed E-state index contributed by atoms with van der Waals surface area (Å²) in [5.41, 5.74) is 0.272. The summed E-state index contributed by atoms with van der Waals surface area (Å²) in [6.07, 6.45) is 3.60. The number of aromatic nitrogens is 2. The van der Waals surface area contributed by atoms with Crippen molar-refractivity contribution in [2.75, 3.05) is 19.7 Å². The molecule has 6 heteroatoms. The maximum Gasteiger partial charge on any atom is 0.342 e. The highest BCUT2D eigenvalue weighted by molar-refractivity contribution is 5.80. The number of hydrogen-bond donors (Lipinski definition) is 2. The minimum Gasteiger partial charge on any atom is -0.479 e. The summed E-state index contributed by atoms with van der Waals surface area (Å²) in [6, 6.07) is 7.34. The molecule has 1 aromatic carbocycles. The molecule has 0 spiro atoms. The van der Waals surface area contributed by atoms with Gasteiger partial charge in [0.1, 0.15) is 5.82 Å². The fourth-order valence-electron chi connectivity index (χ4n) is 2.59. The molecule has 110 valence electrons. The zero-order valence-corrected chi connectivity index (χ0v) is 11.7. The molecule has 3 rings (SSSR count). The second kappa shape index (κ2) is 5.31. The van der Waals surface area contributed by atoms with Gasteiger partial charge >= 0.3 is 5.97 Å². The van der Waals surface area contributed by atoms with E-state index < -0.39 is 11.6 Å². The van der Waals surface area contributed by atoms with E-state index in [0.717, 1.165) is 11.4 Å². The van der Waals surface area contributed by atoms with E-state index in [0.29, 0.717) is 18.7 Å². The largest absolute Gasteiger partial charge is 0.479 e. The molecule has 0 radical (unpaired) electrons. The van der Waals surface area contributed by atoms with E-state index in [9.17, 15) is 9.90 Å². The van der Waals surface area contributed by atoms with Crippen LogP contribution in [0.2, 0.25) is 0 Å². The van der Waals surface area contributed by atoms with Gasteiger partial charge in [0, 0.05) is 38.1 Å². The number of carbonyl (C=O) groups is 1. The van der Waals surface area contributed by atoms with E-state index in [2.05, 4.69) is 10.3 Å². The van der Waals surface area contributed by atoms with Gasteiger partial charge in [-0.15, -0.1) is 0 Å². The van der Waals surface area contributed by atoms with E-state index in [1.165, 1.54) is 0 Å². The minimum atomic E-state index is -1.31. The first-order valence-electron chi connectivity index (χ1n) is 6.80. The summed E-state index contributed by atoms with van der Waals surface area (Å²) in [6.45, 7) is 1.32. The zero-order chi connectivity index (χ0) is 14.9. The molecule has 0 amide bonds. The predicted octanol–water partition coefficient (Wildman–Crippen LogP) is 0.987. The Morgan fingerprint density at radius 3 is 2.71 bits per heavy atom. The van der Waals surface area contributed by atoms with E-state index in [-0.39, 0.29) is 6.54 Å². The summed E-state index contributed by atoms with van der Waals surface area (Å²) < 4.78 is 7.50. The molecular formula is C15H17N3O3. The minimum absolute atomic E-state index is 0.268. The molecule has 0 aliphatic carbocycles. The third-order valence-electron chi connectivity index (χ3n) is 3.78. The van der Waals surface area contributed by atoms with E-state index in [1.54, 1.807) is 18.3 Å². The number of benzene rings is 1. The lowest BCUT2D eigenvalue weighted by Crippen LogP contribution is -2.52. The molecule has 2 N–H and O–H groups in total. The van der Waals surface area contributed by atoms with Gasteiger partial charge in [0.25, 0.3) is 0 Å². The third-order valence-corrected chi connectivity index (χ3v) is 3.78. The fraction of sp³-hybridized carbons (Fsp3) is 0.333. The van der Waals surface area contributed by atoms with Crippen molar-refractivity contribution in [2.45, 2.75) is 5.60 Å². The highest BCUT2D eigenvalue weighted by Gasteiger charge is 2.43. The summed E-state index contributed by atoms with van der Waals surface area (Å²) >= 11 is 0. The standard InChI is InChI=1S/C15H17N3O3/c1-18-8-6-17-13(18)11-2-4-12(5-3-11)15(14(19)20)10-16-7-9-21-15/h2-6,8,16H,7,9-10H2,1H3,(H,19,20). The average molecular weight is 287 g/mol. The van der Waals surface area contributed by atoms with Crippen LogP contribution in [0.3, 0.4) is 0 Å². The van der Waals surface area contributed by atoms with Gasteiger partial charge < -0.3 is 19.7 Å². The van der Waals surface area contributed by atoms with Crippen molar-refractivity contribution in [2.24, 2.45) is 7.05 Å². The molecule has 6 nitrogen and oxygen atoms in total. The number of aliphatic carboxylic acids is 1. The van der Waals surface area contributed by atoms with Crippen LogP contribution >= 0.6 is 0 Å². The SMILES string of the molecule is Cn1ccnc1-c1ccc(C2(C(=O)O)CNCCO2)cc1. The fourth-order valence-corrected chi connectivity index (χ4v) is 2.59. The molecule has 0 bridgehead atoms. The Balaban J connectivity index is 1.96. The second-order valence-corrected chi connectivity index (χ2v) is 5.10. The van der Waals surface area contributed by atoms with Crippen LogP contribution in [0.5, 0.6) is 0 Å². The van der Waals surface area contributed by atoms with Crippen molar-refractivity contribution in [3.63, 3.8) is 0 Å². The Bertz CT molecular complexity index is 642. The number of hydrogen-bond acceptors (Lipinski definition) is 4. The molecule has 1 aliphatic rings. The van der Waals surface area contributed by atoms with Gasteiger partial charge in [-0.25, -0.2) is 9.78 Å². The summed E-state index contributed by atoms with van der Waals surface area (Å²) in [4.78, 5) is 15.9. The highest BCUT2D eigenvalue weighted by Crippen LogP contribution is 2.29. The maximum absolute atomic E-state index is 11.7. The summed E-state index contributed by atoms with van der Waals surface area (Å²) in [5.74, 6) is -0.131. The topological polar surface area (TPSA) is 76.4 Å². The number of ether oxygens (including phenoxy) is 1. The van der Waals surface area contributed by atoms with Gasteiger partial charge in [-0.05, 0) is 5.56 Å². The van der Waals surface area contributed by atoms with Gasteiger partial charge in [0.05, 0.1) is 6.61 Å². The van der Waals surface area contributed by atoms with E-state index in [4.69, 9.17) is 4.74 Å². The molecule has 0 saturated carbocycles. The number of nitrogens with zero attached hydrogens (tertiary/aromatic N) is 2. The Labute approximate surface area is 122 Å². The first-order valence-corrected chi connectivity index (χ1v) is 6.80. The van der Waals surface area contributed by atoms with Crippen molar-refractivity contribution in [3.05, 3.63) is 42.2 Å². The Morgan fingerprint density at radius 1 is 1.43 bits per heavy atom. The Morgan fingerprint density at radius 2 is 2.19 bits per heavy atom. The zero-order valence-electron chi connectivity index (χ0n) is 11.7. The smallest absolute Gasteiger partial charge is 0.342 e. The van der Waals surface area contributed by atoms with Gasteiger partial charge in [0.2, 0.25) is 5.60 Å². The van der Waals surface area contributed by atoms with Gasteiger partial charge in [0.15, 0.2) is 0 Å². The number of morpholine rings is 1. The third kappa shape index (κ3) is 2.32. The van der Waals surface area contributed by atoms with Crippen molar-refractivity contribution < 1.29 is 14.6 Å². The lowest BCUT2D eigenvalue weighted by molar-refractivity contribution is -0.171. The monoisotopic (exact) mass is 287 g/mol. The van der Waals surface area contributed by atoms with Crippen LogP contribution in [0.1, 0.15) is 5.56 Å². The Hall–Kier alpha value is -2.18. The number of rotatable bonds is 3. The molecule has 2 aromatic rings. The maximum atomic E-state index is 11.7. The quantitative estimate of drug-likeness (QED) is 0.880. The number of imidazole rings is 1. The number of aryl methyl sites for hydroxylation is 1. The second-order valence-electron chi connectivity index (χ2n) is 5.10. The molecule has 21 heavy (non-hydrogen) atoms. The van der Waals surface area contributed by atoms with Crippen LogP contribution in [0.25, 0.3) is 11.4 Å². The van der Waals surface area contributed by atoms with Crippen LogP contribution in [-0.4, -0.2) is 40.3 Å². The normalized spacial score (nSPS) is 22.1. The molecule has 2 heterocycles. The van der Waals surface area contributed by atoms with Crippen LogP contribution in [0.4, 0.5) is 0 Å². The highest BCUT2D eigenvalue weighted by atomic mass is 16.5. The molecule has 1 aliphatic heterocycles. The number of carboxylic acids is 1. The van der Waals surface area contributed by atoms with E-state index in [1.807, 2.05) is 29.9 Å². The van der Waals surface area contributed by atoms with Gasteiger partial charge in [-0.3, -0.25) is 0 Å². The van der Waals surface area contributed by atoms with Crippen LogP contribution < -0.4 is 5.32 Å². The Kier molecular flexibility index (Phi) is 3.48. The average Bonchev–Trinajstić information content (AvgIpc) is 2.94. The van der Waals surface area contributed by atoms with Crippen LogP contribution in [0, 0.1) is 0 Å². The number of nitrogens with one attached hydrogen (secondary N) is 1. The predicted molar refractivity (Wildman–Crippen MR) is 76.8 cm³/mol. The van der Waals surface area contributed by atoms with Crippen molar-refractivity contribution >= 4 is 5.97 Å². The molecule has 1 unspecified atom stereocenters. The molecule has 1 aromatic heterocycles. The van der Waals surface area contributed by atoms with Crippen LogP contribution in [0.15, 0.2) is 36.7 Å². The molecular weight excluding hydrogens is 270 g/mol. The van der Waals surface area contributed by atoms with E-state index >= 15 is 0 Å². The lowest BCUT2D eigenvalue weighted by Gasteiger charge is -2.34. The summed E-state index contributed by atoms with van der Waals surface area (Å²) in [7, 11) is 1.92.